The van der Waals surface area contributed by atoms with Crippen molar-refractivity contribution in [2.24, 2.45) is 0 Å². The van der Waals surface area contributed by atoms with Crippen LogP contribution < -0.4 is 10.5 Å². The second-order valence-corrected chi connectivity index (χ2v) is 5.84. The molecule has 0 aliphatic heterocycles. The summed E-state index contributed by atoms with van der Waals surface area (Å²) in [6, 6.07) is 16.1. The molecule has 0 amide bonds. The first-order valence-electron chi connectivity index (χ1n) is 7.88. The summed E-state index contributed by atoms with van der Waals surface area (Å²) >= 11 is 0. The predicted molar refractivity (Wildman–Crippen MR) is 93.7 cm³/mol. The fourth-order valence-corrected chi connectivity index (χ4v) is 2.70. The van der Waals surface area contributed by atoms with E-state index < -0.39 is 0 Å². The Bertz CT molecular complexity index is 815. The third-order valence-corrected chi connectivity index (χ3v) is 3.84. The fraction of sp³-hybridized carbons (Fsp3) is 0.263. The summed E-state index contributed by atoms with van der Waals surface area (Å²) in [4.78, 5) is 8.64. The summed E-state index contributed by atoms with van der Waals surface area (Å²) in [6.07, 6.45) is 0.694. The summed E-state index contributed by atoms with van der Waals surface area (Å²) in [7, 11) is 0. The number of nitrogens with zero attached hydrogens (tertiary/aromatic N) is 2. The highest BCUT2D eigenvalue weighted by Crippen LogP contribution is 2.26. The van der Waals surface area contributed by atoms with E-state index in [0.717, 1.165) is 22.3 Å². The maximum absolute atomic E-state index is 5.99. The normalized spacial score (nSPS) is 11.1. The van der Waals surface area contributed by atoms with Gasteiger partial charge in [-0.25, -0.2) is 9.97 Å². The molecule has 1 heterocycles. The average molecular weight is 307 g/mol. The van der Waals surface area contributed by atoms with E-state index >= 15 is 0 Å². The minimum absolute atomic E-state index is 0.307. The Hall–Kier alpha value is -2.62. The number of rotatable bonds is 5. The summed E-state index contributed by atoms with van der Waals surface area (Å²) in [5, 5.41) is 1.03. The molecule has 0 saturated carbocycles. The van der Waals surface area contributed by atoms with Crippen molar-refractivity contribution in [2.45, 2.75) is 26.2 Å². The van der Waals surface area contributed by atoms with Gasteiger partial charge in [-0.05, 0) is 23.6 Å². The molecule has 4 heteroatoms. The molecular formula is C19H21N3O. The van der Waals surface area contributed by atoms with Crippen LogP contribution in [-0.2, 0) is 6.42 Å². The third-order valence-electron chi connectivity index (χ3n) is 3.84. The third kappa shape index (κ3) is 3.42. The van der Waals surface area contributed by atoms with Crippen LogP contribution >= 0.6 is 0 Å². The van der Waals surface area contributed by atoms with Crippen molar-refractivity contribution in [1.82, 2.24) is 9.97 Å². The van der Waals surface area contributed by atoms with Crippen LogP contribution in [0.1, 0.15) is 31.0 Å². The van der Waals surface area contributed by atoms with Crippen molar-refractivity contribution in [1.29, 1.82) is 0 Å². The molecule has 0 bridgehead atoms. The molecule has 4 nitrogen and oxygen atoms in total. The Morgan fingerprint density at radius 2 is 1.74 bits per heavy atom. The highest BCUT2D eigenvalue weighted by atomic mass is 16.5. The quantitative estimate of drug-likeness (QED) is 0.775. The van der Waals surface area contributed by atoms with E-state index in [4.69, 9.17) is 10.5 Å². The Morgan fingerprint density at radius 1 is 1.00 bits per heavy atom. The van der Waals surface area contributed by atoms with E-state index in [-0.39, 0.29) is 0 Å². The largest absolute Gasteiger partial charge is 0.493 e. The van der Waals surface area contributed by atoms with E-state index in [9.17, 15) is 0 Å². The van der Waals surface area contributed by atoms with Crippen LogP contribution in [0.25, 0.3) is 10.9 Å². The summed E-state index contributed by atoms with van der Waals surface area (Å²) in [6.45, 7) is 4.89. The second-order valence-electron chi connectivity index (χ2n) is 5.84. The smallest absolute Gasteiger partial charge is 0.220 e. The zero-order valence-electron chi connectivity index (χ0n) is 13.5. The first-order chi connectivity index (χ1) is 11.1. The average Bonchev–Trinajstić information content (AvgIpc) is 2.55. The van der Waals surface area contributed by atoms with E-state index in [0.29, 0.717) is 24.9 Å². The summed E-state index contributed by atoms with van der Waals surface area (Å²) < 4.78 is 5.99. The molecule has 0 saturated heterocycles. The van der Waals surface area contributed by atoms with Gasteiger partial charge < -0.3 is 10.5 Å². The Kier molecular flexibility index (Phi) is 4.42. The lowest BCUT2D eigenvalue weighted by atomic mass is 10.0. The molecule has 23 heavy (non-hydrogen) atoms. The number of nitrogens with two attached hydrogens (primary N) is 1. The van der Waals surface area contributed by atoms with Gasteiger partial charge in [-0.15, -0.1) is 0 Å². The molecule has 0 radical (unpaired) electrons. The van der Waals surface area contributed by atoms with E-state index in [2.05, 4.69) is 29.9 Å². The summed E-state index contributed by atoms with van der Waals surface area (Å²) in [5.74, 6) is 1.68. The van der Waals surface area contributed by atoms with Gasteiger partial charge in [0.2, 0.25) is 5.95 Å². The zero-order valence-corrected chi connectivity index (χ0v) is 13.5. The highest BCUT2D eigenvalue weighted by molar-refractivity contribution is 5.81. The minimum Gasteiger partial charge on any atom is -0.493 e. The molecule has 0 atom stereocenters. The van der Waals surface area contributed by atoms with Gasteiger partial charge in [0.15, 0.2) is 0 Å². The van der Waals surface area contributed by atoms with Crippen molar-refractivity contribution in [2.75, 3.05) is 12.3 Å². The van der Waals surface area contributed by atoms with Gasteiger partial charge in [-0.2, -0.15) is 0 Å². The lowest BCUT2D eigenvalue weighted by Gasteiger charge is -2.14. The molecule has 3 rings (SSSR count). The van der Waals surface area contributed by atoms with Crippen molar-refractivity contribution < 1.29 is 4.74 Å². The first-order valence-corrected chi connectivity index (χ1v) is 7.88. The molecule has 118 valence electrons. The number of hydrogen-bond donors (Lipinski definition) is 1. The summed E-state index contributed by atoms with van der Waals surface area (Å²) in [5.41, 5.74) is 8.83. The van der Waals surface area contributed by atoms with E-state index in [1.165, 1.54) is 5.56 Å². The van der Waals surface area contributed by atoms with Gasteiger partial charge in [-0.1, -0.05) is 50.2 Å². The van der Waals surface area contributed by atoms with E-state index in [1.54, 1.807) is 0 Å². The molecule has 0 fully saturated rings. The number of ether oxygens (including phenoxy) is 1. The van der Waals surface area contributed by atoms with Crippen LogP contribution in [0.5, 0.6) is 5.75 Å². The minimum atomic E-state index is 0.307. The van der Waals surface area contributed by atoms with Crippen LogP contribution in [-0.4, -0.2) is 16.6 Å². The Morgan fingerprint density at radius 3 is 2.57 bits per heavy atom. The lowest BCUT2D eigenvalue weighted by Crippen LogP contribution is -2.07. The number of anilines is 1. The predicted octanol–water partition coefficient (Wildman–Crippen LogP) is 3.96. The van der Waals surface area contributed by atoms with Gasteiger partial charge in [0.05, 0.1) is 17.8 Å². The maximum Gasteiger partial charge on any atom is 0.220 e. The number of hydrogen-bond acceptors (Lipinski definition) is 4. The highest BCUT2D eigenvalue weighted by Gasteiger charge is 2.09. The zero-order chi connectivity index (χ0) is 16.2. The number of fused-ring (bicyclic) bond motifs is 1. The SMILES string of the molecule is CC(C)c1ccccc1OCCc1nc(N)nc2ccccc12. The number of benzene rings is 2. The second kappa shape index (κ2) is 6.65. The fourth-order valence-electron chi connectivity index (χ4n) is 2.70. The molecule has 1 aromatic heterocycles. The number of aromatic nitrogens is 2. The molecule has 2 aromatic carbocycles. The van der Waals surface area contributed by atoms with E-state index in [1.807, 2.05) is 42.5 Å². The van der Waals surface area contributed by atoms with Gasteiger partial charge in [-0.3, -0.25) is 0 Å². The van der Waals surface area contributed by atoms with Gasteiger partial charge in [0.25, 0.3) is 0 Å². The van der Waals surface area contributed by atoms with Crippen LogP contribution in [0.15, 0.2) is 48.5 Å². The molecule has 0 aliphatic carbocycles. The van der Waals surface area contributed by atoms with Gasteiger partial charge in [0.1, 0.15) is 5.75 Å². The van der Waals surface area contributed by atoms with Crippen molar-refractivity contribution >= 4 is 16.9 Å². The Balaban J connectivity index is 1.77. The Labute approximate surface area is 136 Å². The number of para-hydroxylation sites is 2. The van der Waals surface area contributed by atoms with Crippen LogP contribution in [0.3, 0.4) is 0 Å². The molecular weight excluding hydrogens is 286 g/mol. The first kappa shape index (κ1) is 15.3. The topological polar surface area (TPSA) is 61.0 Å². The molecule has 3 aromatic rings. The monoisotopic (exact) mass is 307 g/mol. The number of nitrogen functional groups attached to an aromatic ring is 1. The van der Waals surface area contributed by atoms with Crippen LogP contribution in [0.4, 0.5) is 5.95 Å². The standard InChI is InChI=1S/C19H21N3O/c1-13(2)14-7-4-6-10-18(14)23-12-11-17-15-8-3-5-9-16(15)21-19(20)22-17/h3-10,13H,11-12H2,1-2H3,(H2,20,21,22). The molecule has 0 aliphatic rings. The van der Waals surface area contributed by atoms with Gasteiger partial charge >= 0.3 is 0 Å². The maximum atomic E-state index is 5.99. The van der Waals surface area contributed by atoms with Crippen molar-refractivity contribution in [3.05, 3.63) is 59.8 Å². The van der Waals surface area contributed by atoms with Crippen LogP contribution in [0, 0.1) is 0 Å². The molecule has 2 N–H and O–H groups in total. The molecule has 0 spiro atoms. The lowest BCUT2D eigenvalue weighted by molar-refractivity contribution is 0.316. The van der Waals surface area contributed by atoms with Gasteiger partial charge in [0, 0.05) is 11.8 Å². The van der Waals surface area contributed by atoms with Crippen LogP contribution in [0.2, 0.25) is 0 Å². The molecule has 0 unspecified atom stereocenters. The van der Waals surface area contributed by atoms with Crippen molar-refractivity contribution in [3.63, 3.8) is 0 Å². The van der Waals surface area contributed by atoms with Crippen molar-refractivity contribution in [3.8, 4) is 5.75 Å².